The van der Waals surface area contributed by atoms with Gasteiger partial charge < -0.3 is 9.90 Å². The summed E-state index contributed by atoms with van der Waals surface area (Å²) in [5.41, 5.74) is 5.92. The van der Waals surface area contributed by atoms with E-state index in [1.165, 1.54) is 0 Å². The first-order chi connectivity index (χ1) is 8.03. The third-order valence-corrected chi connectivity index (χ3v) is 3.16. The van der Waals surface area contributed by atoms with Gasteiger partial charge in [0.15, 0.2) is 0 Å². The highest BCUT2D eigenvalue weighted by Gasteiger charge is 2.38. The van der Waals surface area contributed by atoms with Crippen LogP contribution in [0.25, 0.3) is 0 Å². The van der Waals surface area contributed by atoms with Crippen LogP contribution >= 0.6 is 0 Å². The van der Waals surface area contributed by atoms with Crippen molar-refractivity contribution in [1.82, 2.24) is 0 Å². The maximum atomic E-state index is 10.9. The molecular formula is C12H21N3O2. The van der Waals surface area contributed by atoms with Crippen LogP contribution in [0.4, 0.5) is 0 Å². The molecule has 0 spiro atoms. The largest absolute Gasteiger partial charge is 0.544 e. The number of carboxylic acids is 1. The molecule has 1 aliphatic heterocycles. The van der Waals surface area contributed by atoms with Gasteiger partial charge in [-0.3, -0.25) is 5.73 Å². The molecular weight excluding hydrogens is 218 g/mol. The summed E-state index contributed by atoms with van der Waals surface area (Å²) in [6, 6.07) is 0. The highest BCUT2D eigenvalue weighted by molar-refractivity contribution is 5.81. The molecule has 5 heteroatoms. The summed E-state index contributed by atoms with van der Waals surface area (Å²) >= 11 is 0. The van der Waals surface area contributed by atoms with E-state index in [0.717, 1.165) is 31.5 Å². The summed E-state index contributed by atoms with van der Waals surface area (Å²) < 4.78 is 0.103. The predicted molar refractivity (Wildman–Crippen MR) is 64.5 cm³/mol. The lowest BCUT2D eigenvalue weighted by molar-refractivity contribution is -0.808. The topological polar surface area (TPSA) is 78.5 Å². The van der Waals surface area contributed by atoms with Crippen LogP contribution in [0.1, 0.15) is 39.5 Å². The van der Waals surface area contributed by atoms with Gasteiger partial charge >= 0.3 is 0 Å². The number of amidine groups is 1. The van der Waals surface area contributed by atoms with Crippen LogP contribution in [0.2, 0.25) is 0 Å². The number of aliphatic imine (C=N–C) groups is 1. The summed E-state index contributed by atoms with van der Waals surface area (Å²) in [7, 11) is 0. The van der Waals surface area contributed by atoms with Gasteiger partial charge in [-0.2, -0.15) is 0 Å². The van der Waals surface area contributed by atoms with Gasteiger partial charge in [-0.05, 0) is 6.42 Å². The Labute approximate surface area is 102 Å². The molecule has 0 aliphatic carbocycles. The molecule has 0 aromatic rings. The molecule has 5 nitrogen and oxygen atoms in total. The van der Waals surface area contributed by atoms with Crippen molar-refractivity contribution >= 4 is 11.8 Å². The molecule has 0 fully saturated rings. The first-order valence-electron chi connectivity index (χ1n) is 6.10. The smallest absolute Gasteiger partial charge is 0.209 e. The van der Waals surface area contributed by atoms with Gasteiger partial charge in [-0.25, -0.2) is 9.48 Å². The summed E-state index contributed by atoms with van der Waals surface area (Å²) in [5, 5.41) is 10.9. The summed E-state index contributed by atoms with van der Waals surface area (Å²) in [4.78, 5) is 15.1. The number of carbonyl (C=O) groups excluding carboxylic acids is 1. The van der Waals surface area contributed by atoms with Crippen LogP contribution in [0.3, 0.4) is 0 Å². The monoisotopic (exact) mass is 239 g/mol. The van der Waals surface area contributed by atoms with Gasteiger partial charge in [0, 0.05) is 13.3 Å². The van der Waals surface area contributed by atoms with Gasteiger partial charge in [-0.1, -0.05) is 19.8 Å². The SMILES string of the molecule is CCCCCC1=NC=C[N+]1(CC(=O)[O-])C(C)N. The average Bonchev–Trinajstić information content (AvgIpc) is 2.62. The Kier molecular flexibility index (Phi) is 4.84. The van der Waals surface area contributed by atoms with E-state index >= 15 is 0 Å². The lowest BCUT2D eigenvalue weighted by Crippen LogP contribution is -2.60. The number of quaternary nitrogens is 1. The van der Waals surface area contributed by atoms with Crippen molar-refractivity contribution in [2.45, 2.75) is 45.7 Å². The molecule has 0 amide bonds. The van der Waals surface area contributed by atoms with E-state index < -0.39 is 5.97 Å². The molecule has 1 aliphatic rings. The highest BCUT2D eigenvalue weighted by atomic mass is 16.4. The van der Waals surface area contributed by atoms with Crippen molar-refractivity contribution in [3.63, 3.8) is 0 Å². The van der Waals surface area contributed by atoms with Crippen LogP contribution in [0.5, 0.6) is 0 Å². The minimum atomic E-state index is -1.10. The Morgan fingerprint density at radius 2 is 2.29 bits per heavy atom. The van der Waals surface area contributed by atoms with Crippen LogP contribution in [0, 0.1) is 0 Å². The highest BCUT2D eigenvalue weighted by Crippen LogP contribution is 2.22. The van der Waals surface area contributed by atoms with Gasteiger partial charge in [0.05, 0.1) is 12.2 Å². The minimum absolute atomic E-state index is 0.103. The molecule has 0 saturated carbocycles. The predicted octanol–water partition coefficient (Wildman–Crippen LogP) is 0.321. The quantitative estimate of drug-likeness (QED) is 0.513. The van der Waals surface area contributed by atoms with Gasteiger partial charge in [0.2, 0.25) is 5.84 Å². The fourth-order valence-corrected chi connectivity index (χ4v) is 2.11. The molecule has 0 aromatic heterocycles. The molecule has 17 heavy (non-hydrogen) atoms. The molecule has 0 radical (unpaired) electrons. The van der Waals surface area contributed by atoms with E-state index in [4.69, 9.17) is 5.73 Å². The first kappa shape index (κ1) is 13.9. The molecule has 0 bridgehead atoms. The van der Waals surface area contributed by atoms with Crippen LogP contribution in [-0.4, -0.2) is 29.0 Å². The molecule has 2 atom stereocenters. The Morgan fingerprint density at radius 3 is 2.82 bits per heavy atom. The lowest BCUT2D eigenvalue weighted by Gasteiger charge is -2.36. The van der Waals surface area contributed by atoms with Crippen molar-refractivity contribution in [3.05, 3.63) is 12.4 Å². The molecule has 2 unspecified atom stereocenters. The second-order valence-electron chi connectivity index (χ2n) is 4.50. The van der Waals surface area contributed by atoms with Gasteiger partial charge in [-0.15, -0.1) is 0 Å². The molecule has 1 rings (SSSR count). The number of nitrogens with zero attached hydrogens (tertiary/aromatic N) is 2. The number of unbranched alkanes of at least 4 members (excludes halogenated alkanes) is 2. The van der Waals surface area contributed by atoms with E-state index in [2.05, 4.69) is 11.9 Å². The summed E-state index contributed by atoms with van der Waals surface area (Å²) in [5.74, 6) is -0.269. The molecule has 96 valence electrons. The summed E-state index contributed by atoms with van der Waals surface area (Å²) in [6.45, 7) is 3.79. The minimum Gasteiger partial charge on any atom is -0.544 e. The van der Waals surface area contributed by atoms with Crippen molar-refractivity contribution in [2.75, 3.05) is 6.54 Å². The average molecular weight is 239 g/mol. The lowest BCUT2D eigenvalue weighted by atomic mass is 10.1. The number of rotatable bonds is 7. The van der Waals surface area contributed by atoms with Crippen molar-refractivity contribution in [2.24, 2.45) is 10.7 Å². The van der Waals surface area contributed by atoms with Crippen LogP contribution in [-0.2, 0) is 4.79 Å². The fourth-order valence-electron chi connectivity index (χ4n) is 2.11. The fraction of sp³-hybridized carbons (Fsp3) is 0.667. The molecule has 0 saturated heterocycles. The Morgan fingerprint density at radius 1 is 1.59 bits per heavy atom. The van der Waals surface area contributed by atoms with Crippen LogP contribution < -0.4 is 10.8 Å². The Bertz CT molecular complexity index is 337. The van der Waals surface area contributed by atoms with Gasteiger partial charge in [0.1, 0.15) is 18.9 Å². The summed E-state index contributed by atoms with van der Waals surface area (Å²) in [6.07, 6.45) is 7.11. The van der Waals surface area contributed by atoms with Crippen molar-refractivity contribution in [3.8, 4) is 0 Å². The zero-order valence-electron chi connectivity index (χ0n) is 10.6. The normalized spacial score (nSPS) is 24.8. The molecule has 0 aromatic carbocycles. The standard InChI is InChI=1S/C12H21N3O2/c1-3-4-5-6-11-14-7-8-15(11,10(2)13)9-12(16)17/h7-8,10H,3-6,9,13H2,1-2H3. The maximum absolute atomic E-state index is 10.9. The van der Waals surface area contributed by atoms with E-state index in [1.54, 1.807) is 19.3 Å². The van der Waals surface area contributed by atoms with Crippen molar-refractivity contribution in [1.29, 1.82) is 0 Å². The molecule has 2 N–H and O–H groups in total. The zero-order valence-corrected chi connectivity index (χ0v) is 10.6. The van der Waals surface area contributed by atoms with E-state index in [0.29, 0.717) is 0 Å². The number of nitrogens with two attached hydrogens (primary N) is 1. The number of carboxylic acid groups (broad SMARTS) is 1. The second-order valence-corrected chi connectivity index (χ2v) is 4.50. The Hall–Kier alpha value is -1.20. The Balaban J connectivity index is 2.78. The van der Waals surface area contributed by atoms with E-state index in [-0.39, 0.29) is 17.2 Å². The third-order valence-electron chi connectivity index (χ3n) is 3.16. The number of aliphatic carboxylic acids is 1. The maximum Gasteiger partial charge on any atom is 0.209 e. The van der Waals surface area contributed by atoms with E-state index in [1.807, 2.05) is 0 Å². The van der Waals surface area contributed by atoms with Crippen molar-refractivity contribution < 1.29 is 14.4 Å². The van der Waals surface area contributed by atoms with Gasteiger partial charge in [0.25, 0.3) is 0 Å². The first-order valence-corrected chi connectivity index (χ1v) is 6.10. The zero-order chi connectivity index (χ0) is 12.9. The number of hydrogen-bond acceptors (Lipinski definition) is 4. The van der Waals surface area contributed by atoms with E-state index in [9.17, 15) is 9.90 Å². The van der Waals surface area contributed by atoms with Crippen LogP contribution in [0.15, 0.2) is 17.4 Å². The second kappa shape index (κ2) is 5.93. The number of carbonyl (C=O) groups is 1. The number of hydrogen-bond donors (Lipinski definition) is 1. The molecule has 1 heterocycles. The third kappa shape index (κ3) is 3.14.